The number of halogens is 1. The lowest BCUT2D eigenvalue weighted by molar-refractivity contribution is -0.120. The third-order valence-corrected chi connectivity index (χ3v) is 5.65. The lowest BCUT2D eigenvalue weighted by Crippen LogP contribution is -2.51. The largest absolute Gasteiger partial charge is 0.331 e. The number of carbonyl (C=O) groups is 2. The molecule has 3 atom stereocenters. The number of rotatable bonds is 3. The van der Waals surface area contributed by atoms with Gasteiger partial charge in [-0.2, -0.15) is 0 Å². The van der Waals surface area contributed by atoms with Crippen molar-refractivity contribution in [2.24, 2.45) is 0 Å². The van der Waals surface area contributed by atoms with Crippen LogP contribution in [0, 0.1) is 5.82 Å². The maximum atomic E-state index is 13.4. The van der Waals surface area contributed by atoms with Crippen molar-refractivity contribution in [3.63, 3.8) is 0 Å². The van der Waals surface area contributed by atoms with Gasteiger partial charge in [-0.05, 0) is 68.0 Å². The molecular formula is C22H24FN3O2. The van der Waals surface area contributed by atoms with Crippen LogP contribution in [0.4, 0.5) is 14.9 Å². The van der Waals surface area contributed by atoms with Crippen LogP contribution >= 0.6 is 0 Å². The number of aryl methyl sites for hydroxylation is 1. The molecule has 1 heterocycles. The van der Waals surface area contributed by atoms with E-state index in [0.717, 1.165) is 41.6 Å². The minimum atomic E-state index is -0.650. The van der Waals surface area contributed by atoms with E-state index in [9.17, 15) is 14.0 Å². The van der Waals surface area contributed by atoms with Crippen molar-refractivity contribution < 1.29 is 14.0 Å². The van der Waals surface area contributed by atoms with E-state index in [-0.39, 0.29) is 29.8 Å². The van der Waals surface area contributed by atoms with Crippen molar-refractivity contribution in [1.29, 1.82) is 0 Å². The molecule has 1 aliphatic heterocycles. The molecule has 0 saturated carbocycles. The van der Waals surface area contributed by atoms with Crippen molar-refractivity contribution in [1.82, 2.24) is 10.6 Å². The summed E-state index contributed by atoms with van der Waals surface area (Å²) >= 11 is 0. The quantitative estimate of drug-likeness (QED) is 0.855. The van der Waals surface area contributed by atoms with Gasteiger partial charge >= 0.3 is 6.03 Å². The van der Waals surface area contributed by atoms with Gasteiger partial charge in [0.1, 0.15) is 11.9 Å². The highest BCUT2D eigenvalue weighted by Crippen LogP contribution is 2.33. The lowest BCUT2D eigenvalue weighted by Gasteiger charge is -2.27. The molecule has 0 radical (unpaired) electrons. The van der Waals surface area contributed by atoms with Crippen LogP contribution in [-0.2, 0) is 17.6 Å². The monoisotopic (exact) mass is 381 g/mol. The first kappa shape index (κ1) is 18.5. The van der Waals surface area contributed by atoms with Gasteiger partial charge in [-0.15, -0.1) is 0 Å². The molecule has 6 heteroatoms. The number of urea groups is 1. The fraction of sp³-hybridized carbons (Fsp3) is 0.364. The highest BCUT2D eigenvalue weighted by atomic mass is 19.1. The molecule has 2 N–H and O–H groups in total. The first-order valence-corrected chi connectivity index (χ1v) is 9.70. The SMILES string of the molecule is CC(NC(=O)NC1CCc2cc(F)ccc21)C(=O)N1c2ccccc2CC1C. The summed E-state index contributed by atoms with van der Waals surface area (Å²) < 4.78 is 13.4. The van der Waals surface area contributed by atoms with Crippen LogP contribution < -0.4 is 15.5 Å². The van der Waals surface area contributed by atoms with Gasteiger partial charge in [0.25, 0.3) is 0 Å². The normalized spacial score (nSPS) is 21.0. The second-order valence-electron chi connectivity index (χ2n) is 7.66. The van der Waals surface area contributed by atoms with Gasteiger partial charge < -0.3 is 15.5 Å². The molecule has 0 fully saturated rings. The number of nitrogens with one attached hydrogen (secondary N) is 2. The summed E-state index contributed by atoms with van der Waals surface area (Å²) in [6.07, 6.45) is 2.27. The molecule has 3 amide bonds. The number of carbonyl (C=O) groups excluding carboxylic acids is 2. The Morgan fingerprint density at radius 1 is 1.18 bits per heavy atom. The predicted octanol–water partition coefficient (Wildman–Crippen LogP) is 3.48. The molecule has 3 unspecified atom stereocenters. The van der Waals surface area contributed by atoms with Crippen LogP contribution in [0.3, 0.4) is 0 Å². The fourth-order valence-corrected chi connectivity index (χ4v) is 4.30. The van der Waals surface area contributed by atoms with Gasteiger partial charge in [0, 0.05) is 11.7 Å². The highest BCUT2D eigenvalue weighted by Gasteiger charge is 2.34. The minimum absolute atomic E-state index is 0.0637. The third-order valence-electron chi connectivity index (χ3n) is 5.65. The number of benzene rings is 2. The van der Waals surface area contributed by atoms with Gasteiger partial charge in [-0.3, -0.25) is 4.79 Å². The average molecular weight is 381 g/mol. The van der Waals surface area contributed by atoms with E-state index in [2.05, 4.69) is 10.6 Å². The summed E-state index contributed by atoms with van der Waals surface area (Å²) in [5.74, 6) is -0.385. The molecule has 2 aliphatic rings. The molecular weight excluding hydrogens is 357 g/mol. The summed E-state index contributed by atoms with van der Waals surface area (Å²) in [5, 5.41) is 5.68. The predicted molar refractivity (Wildman–Crippen MR) is 106 cm³/mol. The second-order valence-corrected chi connectivity index (χ2v) is 7.66. The smallest absolute Gasteiger partial charge is 0.315 e. The van der Waals surface area contributed by atoms with Crippen molar-refractivity contribution in [3.8, 4) is 0 Å². The Hall–Kier alpha value is -2.89. The minimum Gasteiger partial charge on any atom is -0.331 e. The van der Waals surface area contributed by atoms with Gasteiger partial charge in [0.15, 0.2) is 0 Å². The standard InChI is InChI=1S/C22H24FN3O2/c1-13-11-16-5-3-4-6-20(16)26(13)21(27)14(2)24-22(28)25-19-10-7-15-12-17(23)8-9-18(15)19/h3-6,8-9,12-14,19H,7,10-11H2,1-2H3,(H2,24,25,28). The van der Waals surface area contributed by atoms with E-state index >= 15 is 0 Å². The molecule has 4 rings (SSSR count). The second kappa shape index (κ2) is 7.26. The summed E-state index contributed by atoms with van der Waals surface area (Å²) in [6.45, 7) is 3.72. The molecule has 0 spiro atoms. The number of hydrogen-bond acceptors (Lipinski definition) is 2. The Balaban J connectivity index is 1.40. The Morgan fingerprint density at radius 2 is 1.96 bits per heavy atom. The van der Waals surface area contributed by atoms with Crippen molar-refractivity contribution in [2.75, 3.05) is 4.90 Å². The topological polar surface area (TPSA) is 61.4 Å². The summed E-state index contributed by atoms with van der Waals surface area (Å²) in [7, 11) is 0. The summed E-state index contributed by atoms with van der Waals surface area (Å²) in [5.41, 5.74) is 3.94. The number of nitrogens with zero attached hydrogens (tertiary/aromatic N) is 1. The number of amides is 3. The van der Waals surface area contributed by atoms with Crippen LogP contribution in [0.5, 0.6) is 0 Å². The van der Waals surface area contributed by atoms with Gasteiger partial charge in [0.2, 0.25) is 5.91 Å². The van der Waals surface area contributed by atoms with Crippen molar-refractivity contribution in [3.05, 3.63) is 65.0 Å². The Bertz CT molecular complexity index is 930. The molecule has 146 valence electrons. The molecule has 2 aromatic rings. The van der Waals surface area contributed by atoms with E-state index in [1.807, 2.05) is 31.2 Å². The number of anilines is 1. The van der Waals surface area contributed by atoms with E-state index in [1.54, 1.807) is 17.9 Å². The zero-order valence-electron chi connectivity index (χ0n) is 16.0. The Labute approximate surface area is 163 Å². The summed E-state index contributed by atoms with van der Waals surface area (Å²) in [6, 6.07) is 11.4. The first-order valence-electron chi connectivity index (χ1n) is 9.70. The Morgan fingerprint density at radius 3 is 2.79 bits per heavy atom. The first-order chi connectivity index (χ1) is 13.4. The van der Waals surface area contributed by atoms with E-state index in [1.165, 1.54) is 12.1 Å². The molecule has 5 nitrogen and oxygen atoms in total. The van der Waals surface area contributed by atoms with E-state index in [4.69, 9.17) is 0 Å². The van der Waals surface area contributed by atoms with Crippen LogP contribution in [0.15, 0.2) is 42.5 Å². The maximum Gasteiger partial charge on any atom is 0.315 e. The van der Waals surface area contributed by atoms with Gasteiger partial charge in [-0.25, -0.2) is 9.18 Å². The molecule has 1 aliphatic carbocycles. The number of fused-ring (bicyclic) bond motifs is 2. The highest BCUT2D eigenvalue weighted by molar-refractivity contribution is 6.00. The van der Waals surface area contributed by atoms with Crippen LogP contribution in [-0.4, -0.2) is 24.0 Å². The molecule has 0 aromatic heterocycles. The zero-order chi connectivity index (χ0) is 19.8. The lowest BCUT2D eigenvalue weighted by atomic mass is 10.1. The molecule has 28 heavy (non-hydrogen) atoms. The van der Waals surface area contributed by atoms with Crippen LogP contribution in [0.2, 0.25) is 0 Å². The van der Waals surface area contributed by atoms with Crippen molar-refractivity contribution >= 4 is 17.6 Å². The average Bonchev–Trinajstić information content (AvgIpc) is 3.20. The number of hydrogen-bond donors (Lipinski definition) is 2. The number of para-hydroxylation sites is 1. The third kappa shape index (κ3) is 3.35. The van der Waals surface area contributed by atoms with E-state index in [0.29, 0.717) is 0 Å². The van der Waals surface area contributed by atoms with Crippen LogP contribution in [0.1, 0.15) is 43.0 Å². The zero-order valence-corrected chi connectivity index (χ0v) is 16.0. The van der Waals surface area contributed by atoms with Crippen LogP contribution in [0.25, 0.3) is 0 Å². The summed E-state index contributed by atoms with van der Waals surface area (Å²) in [4.78, 5) is 27.2. The van der Waals surface area contributed by atoms with Gasteiger partial charge in [-0.1, -0.05) is 24.3 Å². The molecule has 0 saturated heterocycles. The maximum absolute atomic E-state index is 13.4. The Kier molecular flexibility index (Phi) is 4.79. The van der Waals surface area contributed by atoms with Gasteiger partial charge in [0.05, 0.1) is 6.04 Å². The van der Waals surface area contributed by atoms with E-state index < -0.39 is 6.04 Å². The molecule has 2 aromatic carbocycles. The fourth-order valence-electron chi connectivity index (χ4n) is 4.30. The molecule has 0 bridgehead atoms. The van der Waals surface area contributed by atoms with Crippen molar-refractivity contribution in [2.45, 2.75) is 51.2 Å².